The van der Waals surface area contributed by atoms with Gasteiger partial charge in [-0.05, 0) is 42.5 Å². The molecule has 1 atom stereocenters. The smallest absolute Gasteiger partial charge is 0.326 e. The molecule has 4 heterocycles. The second-order valence-corrected chi connectivity index (χ2v) is 8.37. The molecule has 1 amide bonds. The van der Waals surface area contributed by atoms with Gasteiger partial charge in [0, 0.05) is 26.6 Å². The SMILES string of the molecule is CC(=O)N1CC2(CCN(c3ncnc4c(C)csc34)CC2)C[C@H]1C(=O)O. The van der Waals surface area contributed by atoms with Crippen LogP contribution in [0.1, 0.15) is 31.7 Å². The van der Waals surface area contributed by atoms with E-state index < -0.39 is 12.0 Å². The summed E-state index contributed by atoms with van der Waals surface area (Å²) in [6.45, 7) is 5.70. The minimum Gasteiger partial charge on any atom is -0.480 e. The van der Waals surface area contributed by atoms with Crippen LogP contribution in [0.4, 0.5) is 5.82 Å². The molecule has 2 fully saturated rings. The molecule has 2 aliphatic rings. The van der Waals surface area contributed by atoms with E-state index >= 15 is 0 Å². The van der Waals surface area contributed by atoms with E-state index in [9.17, 15) is 14.7 Å². The third-order valence-electron chi connectivity index (χ3n) is 5.83. The van der Waals surface area contributed by atoms with Crippen molar-refractivity contribution in [1.29, 1.82) is 0 Å². The maximum atomic E-state index is 11.9. The summed E-state index contributed by atoms with van der Waals surface area (Å²) >= 11 is 1.67. The van der Waals surface area contributed by atoms with Crippen LogP contribution < -0.4 is 4.90 Å². The molecule has 0 aliphatic carbocycles. The minimum absolute atomic E-state index is 0.0945. The van der Waals surface area contributed by atoms with Crippen molar-refractivity contribution in [3.8, 4) is 0 Å². The molecular weight excluding hydrogens is 352 g/mol. The molecule has 2 aromatic rings. The predicted octanol–water partition coefficient (Wildman–Crippen LogP) is 2.29. The van der Waals surface area contributed by atoms with Crippen molar-refractivity contribution in [2.45, 2.75) is 39.2 Å². The van der Waals surface area contributed by atoms with E-state index in [2.05, 4.69) is 27.2 Å². The molecule has 8 heteroatoms. The summed E-state index contributed by atoms with van der Waals surface area (Å²) in [6, 6.07) is -0.690. The fraction of sp³-hybridized carbons (Fsp3) is 0.556. The van der Waals surface area contributed by atoms with Gasteiger partial charge in [0.05, 0.1) is 10.2 Å². The standard InChI is InChI=1S/C18H22N4O3S/c1-11-8-26-15-14(11)19-10-20-16(15)21-5-3-18(4-6-21)7-13(17(24)25)22(9-18)12(2)23/h8,10,13H,3-7,9H2,1-2H3,(H,24,25)/t13-/m0/s1. The predicted molar refractivity (Wildman–Crippen MR) is 99.5 cm³/mol. The minimum atomic E-state index is -0.897. The van der Waals surface area contributed by atoms with Crippen LogP contribution in [-0.2, 0) is 9.59 Å². The molecule has 0 unspecified atom stereocenters. The quantitative estimate of drug-likeness (QED) is 0.868. The van der Waals surface area contributed by atoms with E-state index in [0.717, 1.165) is 42.0 Å². The Morgan fingerprint density at radius 2 is 2.04 bits per heavy atom. The van der Waals surface area contributed by atoms with Gasteiger partial charge in [-0.3, -0.25) is 4.79 Å². The number of carbonyl (C=O) groups is 2. The first kappa shape index (κ1) is 17.2. The second-order valence-electron chi connectivity index (χ2n) is 7.49. The van der Waals surface area contributed by atoms with Gasteiger partial charge in [0.25, 0.3) is 0 Å². The van der Waals surface area contributed by atoms with E-state index in [4.69, 9.17) is 0 Å². The molecule has 0 saturated carbocycles. The molecular formula is C18H22N4O3S. The number of aliphatic carboxylic acids is 1. The third-order valence-corrected chi connectivity index (χ3v) is 6.92. The Kier molecular flexibility index (Phi) is 4.10. The van der Waals surface area contributed by atoms with Crippen molar-refractivity contribution in [2.75, 3.05) is 24.5 Å². The number of carboxylic acids is 1. The number of aryl methyl sites for hydroxylation is 1. The lowest BCUT2D eigenvalue weighted by Gasteiger charge is -2.39. The highest BCUT2D eigenvalue weighted by atomic mass is 32.1. The first-order chi connectivity index (χ1) is 12.4. The summed E-state index contributed by atoms with van der Waals surface area (Å²) in [5.74, 6) is -0.0755. The Bertz CT molecular complexity index is 848. The number of carboxylic acid groups (broad SMARTS) is 1. The Balaban J connectivity index is 1.54. The van der Waals surface area contributed by atoms with Crippen molar-refractivity contribution < 1.29 is 14.7 Å². The lowest BCUT2D eigenvalue weighted by atomic mass is 9.76. The summed E-state index contributed by atoms with van der Waals surface area (Å²) in [5, 5.41) is 11.6. The second kappa shape index (κ2) is 6.19. The number of nitrogens with zero attached hydrogens (tertiary/aromatic N) is 4. The van der Waals surface area contributed by atoms with Gasteiger partial charge in [0.1, 0.15) is 18.2 Å². The molecule has 0 radical (unpaired) electrons. The van der Waals surface area contributed by atoms with Gasteiger partial charge in [-0.2, -0.15) is 0 Å². The maximum absolute atomic E-state index is 11.9. The zero-order valence-corrected chi connectivity index (χ0v) is 15.8. The number of hydrogen-bond acceptors (Lipinski definition) is 6. The number of hydrogen-bond donors (Lipinski definition) is 1. The first-order valence-electron chi connectivity index (χ1n) is 8.84. The number of carbonyl (C=O) groups excluding carboxylic acids is 1. The van der Waals surface area contributed by atoms with E-state index in [1.165, 1.54) is 17.4 Å². The van der Waals surface area contributed by atoms with Gasteiger partial charge in [-0.15, -0.1) is 11.3 Å². The van der Waals surface area contributed by atoms with Gasteiger partial charge in [-0.1, -0.05) is 0 Å². The number of piperidine rings is 1. The van der Waals surface area contributed by atoms with E-state index in [-0.39, 0.29) is 11.3 Å². The molecule has 7 nitrogen and oxygen atoms in total. The van der Waals surface area contributed by atoms with Gasteiger partial charge in [0.2, 0.25) is 5.91 Å². The lowest BCUT2D eigenvalue weighted by Crippen LogP contribution is -2.42. The monoisotopic (exact) mass is 374 g/mol. The number of amides is 1. The maximum Gasteiger partial charge on any atom is 0.326 e. The van der Waals surface area contributed by atoms with Crippen LogP contribution in [0.2, 0.25) is 0 Å². The number of fused-ring (bicyclic) bond motifs is 1. The zero-order valence-electron chi connectivity index (χ0n) is 14.9. The van der Waals surface area contributed by atoms with Gasteiger partial charge >= 0.3 is 5.97 Å². The number of aromatic nitrogens is 2. The highest BCUT2D eigenvalue weighted by Crippen LogP contribution is 2.45. The Morgan fingerprint density at radius 1 is 1.31 bits per heavy atom. The molecule has 0 bridgehead atoms. The average molecular weight is 374 g/mol. The zero-order chi connectivity index (χ0) is 18.5. The molecule has 138 valence electrons. The average Bonchev–Trinajstić information content (AvgIpc) is 3.18. The number of anilines is 1. The van der Waals surface area contributed by atoms with Crippen LogP contribution >= 0.6 is 11.3 Å². The van der Waals surface area contributed by atoms with Crippen molar-refractivity contribution in [3.63, 3.8) is 0 Å². The molecule has 1 spiro atoms. The molecule has 4 rings (SSSR count). The van der Waals surface area contributed by atoms with Crippen molar-refractivity contribution >= 4 is 39.2 Å². The van der Waals surface area contributed by atoms with Gasteiger partial charge in [-0.25, -0.2) is 14.8 Å². The van der Waals surface area contributed by atoms with E-state index in [0.29, 0.717) is 13.0 Å². The summed E-state index contributed by atoms with van der Waals surface area (Å²) in [4.78, 5) is 36.1. The van der Waals surface area contributed by atoms with Crippen LogP contribution in [0.3, 0.4) is 0 Å². The molecule has 26 heavy (non-hydrogen) atoms. The van der Waals surface area contributed by atoms with Crippen LogP contribution in [0, 0.1) is 12.3 Å². The van der Waals surface area contributed by atoms with Crippen LogP contribution in [0.15, 0.2) is 11.7 Å². The highest BCUT2D eigenvalue weighted by molar-refractivity contribution is 7.18. The molecule has 1 N–H and O–H groups in total. The molecule has 0 aromatic carbocycles. The normalized spacial score (nSPS) is 22.3. The summed E-state index contributed by atoms with van der Waals surface area (Å²) < 4.78 is 1.11. The molecule has 2 aromatic heterocycles. The Hall–Kier alpha value is -2.22. The van der Waals surface area contributed by atoms with Crippen molar-refractivity contribution in [1.82, 2.24) is 14.9 Å². The summed E-state index contributed by atoms with van der Waals surface area (Å²) in [5.41, 5.74) is 2.08. The van der Waals surface area contributed by atoms with Crippen LogP contribution in [0.5, 0.6) is 0 Å². The van der Waals surface area contributed by atoms with Gasteiger partial charge < -0.3 is 14.9 Å². The Morgan fingerprint density at radius 3 is 2.65 bits per heavy atom. The van der Waals surface area contributed by atoms with Crippen molar-refractivity contribution in [3.05, 3.63) is 17.3 Å². The topological polar surface area (TPSA) is 86.6 Å². The number of likely N-dealkylation sites (tertiary alicyclic amines) is 1. The number of rotatable bonds is 2. The molecule has 2 saturated heterocycles. The summed E-state index contributed by atoms with van der Waals surface area (Å²) in [6.07, 6.45) is 3.91. The first-order valence-corrected chi connectivity index (χ1v) is 9.72. The van der Waals surface area contributed by atoms with Gasteiger partial charge in [0.15, 0.2) is 0 Å². The third kappa shape index (κ3) is 2.72. The lowest BCUT2D eigenvalue weighted by molar-refractivity contribution is -0.147. The number of thiophene rings is 1. The fourth-order valence-electron chi connectivity index (χ4n) is 4.35. The summed E-state index contributed by atoms with van der Waals surface area (Å²) in [7, 11) is 0. The van der Waals surface area contributed by atoms with E-state index in [1.807, 2.05) is 0 Å². The van der Waals surface area contributed by atoms with Crippen LogP contribution in [-0.4, -0.2) is 57.5 Å². The molecule has 2 aliphatic heterocycles. The van der Waals surface area contributed by atoms with E-state index in [1.54, 1.807) is 17.7 Å². The van der Waals surface area contributed by atoms with Crippen molar-refractivity contribution in [2.24, 2.45) is 5.41 Å². The largest absolute Gasteiger partial charge is 0.480 e. The Labute approximate surface area is 155 Å². The van der Waals surface area contributed by atoms with Crippen LogP contribution in [0.25, 0.3) is 10.2 Å². The highest BCUT2D eigenvalue weighted by Gasteiger charge is 2.49. The fourth-order valence-corrected chi connectivity index (χ4v) is 5.36.